The number of hydrogen-bond donors (Lipinski definition) is 1. The molecule has 2 aromatic rings. The molecular formula is C7H6IN3S. The van der Waals surface area contributed by atoms with E-state index in [9.17, 15) is 0 Å². The standard InChI is InChI=1S/C7H6IN3S/c1-4-9-7(11-10-4)6-5(8)2-3-12-6/h2-3H,1H3,(H,9,10,11). The average molecular weight is 291 g/mol. The zero-order valence-corrected chi connectivity index (χ0v) is 9.31. The molecule has 0 saturated heterocycles. The summed E-state index contributed by atoms with van der Waals surface area (Å²) in [5, 5.41) is 8.96. The molecule has 0 atom stereocenters. The van der Waals surface area contributed by atoms with Crippen molar-refractivity contribution in [2.24, 2.45) is 0 Å². The number of thiophene rings is 1. The van der Waals surface area contributed by atoms with Crippen molar-refractivity contribution in [1.82, 2.24) is 15.2 Å². The minimum Gasteiger partial charge on any atom is -0.263 e. The topological polar surface area (TPSA) is 41.6 Å². The first-order valence-corrected chi connectivity index (χ1v) is 5.35. The summed E-state index contributed by atoms with van der Waals surface area (Å²) in [5.74, 6) is 1.65. The minimum absolute atomic E-state index is 0.798. The lowest BCUT2D eigenvalue weighted by Gasteiger charge is -1.87. The highest BCUT2D eigenvalue weighted by Crippen LogP contribution is 2.27. The molecule has 0 aromatic carbocycles. The summed E-state index contributed by atoms with van der Waals surface area (Å²) < 4.78 is 1.21. The summed E-state index contributed by atoms with van der Waals surface area (Å²) in [6, 6.07) is 2.06. The van der Waals surface area contributed by atoms with Crippen LogP contribution < -0.4 is 0 Å². The van der Waals surface area contributed by atoms with Crippen LogP contribution in [-0.4, -0.2) is 15.2 Å². The van der Waals surface area contributed by atoms with E-state index in [0.29, 0.717) is 0 Å². The summed E-state index contributed by atoms with van der Waals surface area (Å²) in [6.45, 7) is 1.90. The third-order valence-corrected chi connectivity index (χ3v) is 3.59. The molecule has 0 aliphatic rings. The molecule has 1 N–H and O–H groups in total. The first-order chi connectivity index (χ1) is 5.77. The zero-order valence-electron chi connectivity index (χ0n) is 6.34. The van der Waals surface area contributed by atoms with Crippen LogP contribution in [0, 0.1) is 10.5 Å². The summed E-state index contributed by atoms with van der Waals surface area (Å²) in [6.07, 6.45) is 0. The molecule has 62 valence electrons. The van der Waals surface area contributed by atoms with Gasteiger partial charge in [0.25, 0.3) is 0 Å². The maximum absolute atomic E-state index is 4.25. The fourth-order valence-electron chi connectivity index (χ4n) is 0.898. The Morgan fingerprint density at radius 1 is 1.58 bits per heavy atom. The number of halogens is 1. The Morgan fingerprint density at radius 3 is 2.92 bits per heavy atom. The summed E-state index contributed by atoms with van der Waals surface area (Å²) >= 11 is 3.95. The van der Waals surface area contributed by atoms with Gasteiger partial charge < -0.3 is 0 Å². The molecule has 0 radical (unpaired) electrons. The first-order valence-electron chi connectivity index (χ1n) is 3.40. The van der Waals surface area contributed by atoms with E-state index < -0.39 is 0 Å². The van der Waals surface area contributed by atoms with E-state index in [2.05, 4.69) is 43.8 Å². The number of nitrogens with zero attached hydrogens (tertiary/aromatic N) is 2. The van der Waals surface area contributed by atoms with Crippen LogP contribution in [0.3, 0.4) is 0 Å². The highest BCUT2D eigenvalue weighted by atomic mass is 127. The van der Waals surface area contributed by atoms with Gasteiger partial charge in [-0.25, -0.2) is 4.98 Å². The van der Waals surface area contributed by atoms with Gasteiger partial charge in [0.15, 0.2) is 5.82 Å². The molecule has 0 spiro atoms. The maximum Gasteiger partial charge on any atom is 0.192 e. The van der Waals surface area contributed by atoms with Crippen molar-refractivity contribution in [2.45, 2.75) is 6.92 Å². The zero-order chi connectivity index (χ0) is 8.55. The van der Waals surface area contributed by atoms with Crippen molar-refractivity contribution < 1.29 is 0 Å². The van der Waals surface area contributed by atoms with E-state index in [4.69, 9.17) is 0 Å². The van der Waals surface area contributed by atoms with Gasteiger partial charge in [0.1, 0.15) is 5.82 Å². The van der Waals surface area contributed by atoms with Crippen LogP contribution in [0.25, 0.3) is 10.7 Å². The number of aromatic nitrogens is 3. The SMILES string of the molecule is Cc1nc(-c2sccc2I)n[nH]1. The molecule has 2 aromatic heterocycles. The minimum atomic E-state index is 0.798. The summed E-state index contributed by atoms with van der Waals surface area (Å²) in [7, 11) is 0. The van der Waals surface area contributed by atoms with Gasteiger partial charge in [-0.3, -0.25) is 5.10 Å². The quantitative estimate of drug-likeness (QED) is 0.820. The van der Waals surface area contributed by atoms with E-state index in [1.165, 1.54) is 3.57 Å². The van der Waals surface area contributed by atoms with Crippen LogP contribution in [0.15, 0.2) is 11.4 Å². The van der Waals surface area contributed by atoms with Gasteiger partial charge in [0.2, 0.25) is 0 Å². The maximum atomic E-state index is 4.25. The molecule has 2 heterocycles. The Balaban J connectivity index is 2.50. The first kappa shape index (κ1) is 8.18. The Hall–Kier alpha value is -0.430. The lowest BCUT2D eigenvalue weighted by Crippen LogP contribution is -1.77. The third-order valence-electron chi connectivity index (χ3n) is 1.42. The monoisotopic (exact) mass is 291 g/mol. The van der Waals surface area contributed by atoms with Gasteiger partial charge in [-0.1, -0.05) is 0 Å². The molecule has 0 aliphatic carbocycles. The number of aromatic amines is 1. The number of H-pyrrole nitrogens is 1. The van der Waals surface area contributed by atoms with E-state index in [1.54, 1.807) is 11.3 Å². The van der Waals surface area contributed by atoms with Crippen molar-refractivity contribution in [2.75, 3.05) is 0 Å². The third kappa shape index (κ3) is 1.38. The van der Waals surface area contributed by atoms with Gasteiger partial charge in [-0.15, -0.1) is 11.3 Å². The molecule has 3 nitrogen and oxygen atoms in total. The molecule has 0 amide bonds. The van der Waals surface area contributed by atoms with E-state index in [-0.39, 0.29) is 0 Å². The van der Waals surface area contributed by atoms with Crippen molar-refractivity contribution >= 4 is 33.9 Å². The van der Waals surface area contributed by atoms with Crippen LogP contribution >= 0.6 is 33.9 Å². The number of rotatable bonds is 1. The Kier molecular flexibility index (Phi) is 2.14. The van der Waals surface area contributed by atoms with Crippen molar-refractivity contribution in [1.29, 1.82) is 0 Å². The number of aryl methyl sites for hydroxylation is 1. The number of nitrogens with one attached hydrogen (secondary N) is 1. The van der Waals surface area contributed by atoms with Gasteiger partial charge >= 0.3 is 0 Å². The molecule has 0 unspecified atom stereocenters. The van der Waals surface area contributed by atoms with Crippen LogP contribution in [0.4, 0.5) is 0 Å². The predicted molar refractivity (Wildman–Crippen MR) is 57.1 cm³/mol. The highest BCUT2D eigenvalue weighted by molar-refractivity contribution is 14.1. The molecular weight excluding hydrogens is 285 g/mol. The van der Waals surface area contributed by atoms with Gasteiger partial charge in [0, 0.05) is 3.57 Å². The van der Waals surface area contributed by atoms with Crippen molar-refractivity contribution in [3.05, 3.63) is 20.8 Å². The van der Waals surface area contributed by atoms with E-state index in [0.717, 1.165) is 16.5 Å². The van der Waals surface area contributed by atoms with E-state index >= 15 is 0 Å². The fourth-order valence-corrected chi connectivity index (χ4v) is 2.66. The normalized spacial score (nSPS) is 10.5. The lowest BCUT2D eigenvalue weighted by atomic mass is 10.4. The highest BCUT2D eigenvalue weighted by Gasteiger charge is 2.08. The Labute approximate surface area is 87.4 Å². The number of hydrogen-bond acceptors (Lipinski definition) is 3. The van der Waals surface area contributed by atoms with Crippen LogP contribution in [0.5, 0.6) is 0 Å². The summed E-state index contributed by atoms with van der Waals surface area (Å²) in [4.78, 5) is 5.39. The fraction of sp³-hybridized carbons (Fsp3) is 0.143. The van der Waals surface area contributed by atoms with Gasteiger partial charge in [-0.2, -0.15) is 5.10 Å². The molecule has 0 fully saturated rings. The second kappa shape index (κ2) is 3.14. The molecule has 12 heavy (non-hydrogen) atoms. The predicted octanol–water partition coefficient (Wildman–Crippen LogP) is 2.45. The van der Waals surface area contributed by atoms with Crippen LogP contribution in [0.1, 0.15) is 5.82 Å². The molecule has 2 rings (SSSR count). The molecule has 0 bridgehead atoms. The summed E-state index contributed by atoms with van der Waals surface area (Å²) in [5.41, 5.74) is 0. The Bertz CT molecular complexity index is 393. The largest absolute Gasteiger partial charge is 0.263 e. The Morgan fingerprint density at radius 2 is 2.42 bits per heavy atom. The van der Waals surface area contributed by atoms with Crippen molar-refractivity contribution in [3.8, 4) is 10.7 Å². The second-order valence-electron chi connectivity index (χ2n) is 2.34. The lowest BCUT2D eigenvalue weighted by molar-refractivity contribution is 1.04. The van der Waals surface area contributed by atoms with Crippen molar-refractivity contribution in [3.63, 3.8) is 0 Å². The smallest absolute Gasteiger partial charge is 0.192 e. The molecule has 5 heteroatoms. The average Bonchev–Trinajstić information content (AvgIpc) is 2.58. The van der Waals surface area contributed by atoms with Crippen LogP contribution in [-0.2, 0) is 0 Å². The van der Waals surface area contributed by atoms with E-state index in [1.807, 2.05) is 12.3 Å². The van der Waals surface area contributed by atoms with Crippen LogP contribution in [0.2, 0.25) is 0 Å². The molecule has 0 saturated carbocycles. The molecule has 0 aliphatic heterocycles. The van der Waals surface area contributed by atoms with Gasteiger partial charge in [-0.05, 0) is 41.0 Å². The second-order valence-corrected chi connectivity index (χ2v) is 4.42. The van der Waals surface area contributed by atoms with Gasteiger partial charge in [0.05, 0.1) is 4.88 Å².